The summed E-state index contributed by atoms with van der Waals surface area (Å²) in [6.45, 7) is 4.58. The van der Waals surface area contributed by atoms with Crippen LogP contribution in [0.1, 0.15) is 46.9 Å². The van der Waals surface area contributed by atoms with E-state index in [0.717, 1.165) is 42.4 Å². The Morgan fingerprint density at radius 1 is 1.00 bits per heavy atom. The molecule has 0 unspecified atom stereocenters. The SMILES string of the molecule is CCc1cc(N2CCN(c3cccc(C(F)(F)F)c3)CC2)nc(SCc2ccc(C(=O)NC3CC3)cc2)n1. The molecule has 0 radical (unpaired) electrons. The molecule has 3 aromatic rings. The summed E-state index contributed by atoms with van der Waals surface area (Å²) in [4.78, 5) is 25.8. The van der Waals surface area contributed by atoms with Crippen LogP contribution in [0, 0.1) is 0 Å². The lowest BCUT2D eigenvalue weighted by atomic mass is 10.1. The van der Waals surface area contributed by atoms with Crippen molar-refractivity contribution in [3.63, 3.8) is 0 Å². The summed E-state index contributed by atoms with van der Waals surface area (Å²) >= 11 is 1.55. The van der Waals surface area contributed by atoms with Crippen LogP contribution in [-0.2, 0) is 18.3 Å². The number of amides is 1. The van der Waals surface area contributed by atoms with Crippen LogP contribution in [0.15, 0.2) is 59.8 Å². The van der Waals surface area contributed by atoms with E-state index in [1.54, 1.807) is 17.8 Å². The standard InChI is InChI=1S/C28H30F3N5OS/c1-2-22-17-25(36-14-12-35(13-15-36)24-5-3-4-21(16-24)28(29,30)31)34-27(33-22)38-18-19-6-8-20(9-7-19)26(37)32-23-10-11-23/h3-9,16-17,23H,2,10-15,18H2,1H3,(H,32,37). The van der Waals surface area contributed by atoms with Crippen molar-refractivity contribution in [1.29, 1.82) is 0 Å². The number of aryl methyl sites for hydroxylation is 1. The third-order valence-electron chi connectivity index (χ3n) is 6.75. The smallest absolute Gasteiger partial charge is 0.368 e. The summed E-state index contributed by atoms with van der Waals surface area (Å²) in [5.74, 6) is 1.50. The predicted molar refractivity (Wildman–Crippen MR) is 144 cm³/mol. The summed E-state index contributed by atoms with van der Waals surface area (Å²) in [5.41, 5.74) is 2.66. The molecule has 1 N–H and O–H groups in total. The molecule has 2 aromatic carbocycles. The number of rotatable bonds is 8. The number of piperazine rings is 1. The zero-order valence-corrected chi connectivity index (χ0v) is 22.0. The van der Waals surface area contributed by atoms with Crippen LogP contribution in [-0.4, -0.2) is 48.1 Å². The molecule has 5 rings (SSSR count). The molecule has 1 saturated heterocycles. The highest BCUT2D eigenvalue weighted by Crippen LogP contribution is 2.32. The third-order valence-corrected chi connectivity index (χ3v) is 7.66. The Hall–Kier alpha value is -3.27. The molecular formula is C28H30F3N5OS. The van der Waals surface area contributed by atoms with Gasteiger partial charge in [0.05, 0.1) is 5.56 Å². The Balaban J connectivity index is 1.21. The number of hydrogen-bond donors (Lipinski definition) is 1. The number of carbonyl (C=O) groups excluding carboxylic acids is 1. The molecule has 1 saturated carbocycles. The summed E-state index contributed by atoms with van der Waals surface area (Å²) in [6, 6.07) is 15.5. The quantitative estimate of drug-likeness (QED) is 0.297. The van der Waals surface area contributed by atoms with Gasteiger partial charge in [-0.1, -0.05) is 36.9 Å². The van der Waals surface area contributed by atoms with Gasteiger partial charge in [0.1, 0.15) is 5.82 Å². The highest BCUT2D eigenvalue weighted by atomic mass is 32.2. The fraction of sp³-hybridized carbons (Fsp3) is 0.393. The van der Waals surface area contributed by atoms with Gasteiger partial charge in [-0.2, -0.15) is 13.2 Å². The van der Waals surface area contributed by atoms with Crippen molar-refractivity contribution in [2.24, 2.45) is 0 Å². The van der Waals surface area contributed by atoms with E-state index in [4.69, 9.17) is 4.98 Å². The number of anilines is 2. The van der Waals surface area contributed by atoms with Crippen LogP contribution < -0.4 is 15.1 Å². The lowest BCUT2D eigenvalue weighted by molar-refractivity contribution is -0.137. The van der Waals surface area contributed by atoms with E-state index < -0.39 is 11.7 Å². The minimum absolute atomic E-state index is 0.0246. The number of benzene rings is 2. The monoisotopic (exact) mass is 541 g/mol. The molecule has 6 nitrogen and oxygen atoms in total. The molecule has 10 heteroatoms. The van der Waals surface area contributed by atoms with E-state index in [0.29, 0.717) is 54.4 Å². The molecule has 1 amide bonds. The van der Waals surface area contributed by atoms with Gasteiger partial charge in [-0.05, 0) is 55.2 Å². The maximum absolute atomic E-state index is 13.1. The normalized spacial score (nSPS) is 16.0. The minimum Gasteiger partial charge on any atom is -0.368 e. The summed E-state index contributed by atoms with van der Waals surface area (Å²) < 4.78 is 39.4. The molecule has 1 aliphatic carbocycles. The van der Waals surface area contributed by atoms with Crippen LogP contribution in [0.5, 0.6) is 0 Å². The number of hydrogen-bond acceptors (Lipinski definition) is 6. The van der Waals surface area contributed by atoms with E-state index >= 15 is 0 Å². The van der Waals surface area contributed by atoms with Crippen molar-refractivity contribution in [2.45, 2.75) is 49.3 Å². The first-order chi connectivity index (χ1) is 18.3. The first kappa shape index (κ1) is 26.3. The number of aromatic nitrogens is 2. The fourth-order valence-electron chi connectivity index (χ4n) is 4.34. The zero-order valence-electron chi connectivity index (χ0n) is 21.2. The number of thioether (sulfide) groups is 1. The predicted octanol–water partition coefficient (Wildman–Crippen LogP) is 5.57. The molecule has 1 aliphatic heterocycles. The summed E-state index contributed by atoms with van der Waals surface area (Å²) in [6.07, 6.45) is -1.45. The topological polar surface area (TPSA) is 61.4 Å². The van der Waals surface area contributed by atoms with Gasteiger partial charge >= 0.3 is 6.18 Å². The Bertz CT molecular complexity index is 1270. The van der Waals surface area contributed by atoms with Gasteiger partial charge in [0.15, 0.2) is 5.16 Å². The lowest BCUT2D eigenvalue weighted by Gasteiger charge is -2.37. The van der Waals surface area contributed by atoms with Gasteiger partial charge in [-0.25, -0.2) is 9.97 Å². The largest absolute Gasteiger partial charge is 0.416 e. The van der Waals surface area contributed by atoms with Crippen molar-refractivity contribution in [1.82, 2.24) is 15.3 Å². The van der Waals surface area contributed by atoms with Gasteiger partial charge < -0.3 is 15.1 Å². The Morgan fingerprint density at radius 2 is 1.71 bits per heavy atom. The summed E-state index contributed by atoms with van der Waals surface area (Å²) in [5, 5.41) is 3.69. The zero-order chi connectivity index (χ0) is 26.7. The van der Waals surface area contributed by atoms with Gasteiger partial charge in [-0.15, -0.1) is 0 Å². The van der Waals surface area contributed by atoms with E-state index in [1.165, 1.54) is 12.1 Å². The number of alkyl halides is 3. The second kappa shape index (κ2) is 11.2. The molecule has 0 bridgehead atoms. The Kier molecular flexibility index (Phi) is 7.78. The van der Waals surface area contributed by atoms with Crippen molar-refractivity contribution in [2.75, 3.05) is 36.0 Å². The second-order valence-electron chi connectivity index (χ2n) is 9.61. The van der Waals surface area contributed by atoms with Crippen LogP contribution >= 0.6 is 11.8 Å². The van der Waals surface area contributed by atoms with E-state index in [-0.39, 0.29) is 5.91 Å². The molecular weight excluding hydrogens is 511 g/mol. The highest BCUT2D eigenvalue weighted by Gasteiger charge is 2.31. The Morgan fingerprint density at radius 3 is 2.37 bits per heavy atom. The maximum atomic E-state index is 13.1. The second-order valence-corrected chi connectivity index (χ2v) is 10.6. The van der Waals surface area contributed by atoms with Crippen LogP contribution in [0.2, 0.25) is 0 Å². The summed E-state index contributed by atoms with van der Waals surface area (Å²) in [7, 11) is 0. The molecule has 38 heavy (non-hydrogen) atoms. The molecule has 2 heterocycles. The molecule has 2 aliphatic rings. The Labute approximate surface area is 224 Å². The molecule has 0 spiro atoms. The van der Waals surface area contributed by atoms with E-state index in [1.807, 2.05) is 35.2 Å². The first-order valence-corrected chi connectivity index (χ1v) is 13.8. The van der Waals surface area contributed by atoms with Gasteiger partial charge in [-0.3, -0.25) is 4.79 Å². The van der Waals surface area contributed by atoms with Crippen molar-refractivity contribution >= 4 is 29.2 Å². The first-order valence-electron chi connectivity index (χ1n) is 12.9. The third kappa shape index (κ3) is 6.59. The van der Waals surface area contributed by atoms with Gasteiger partial charge in [0.25, 0.3) is 5.91 Å². The number of nitrogens with zero attached hydrogens (tertiary/aromatic N) is 4. The van der Waals surface area contributed by atoms with Crippen molar-refractivity contribution in [3.05, 3.63) is 77.0 Å². The molecule has 2 fully saturated rings. The lowest BCUT2D eigenvalue weighted by Crippen LogP contribution is -2.47. The van der Waals surface area contributed by atoms with Crippen molar-refractivity contribution in [3.8, 4) is 0 Å². The maximum Gasteiger partial charge on any atom is 0.416 e. The molecule has 1 aromatic heterocycles. The number of carbonyl (C=O) groups is 1. The minimum atomic E-state index is -4.35. The number of halogens is 3. The van der Waals surface area contributed by atoms with Crippen LogP contribution in [0.4, 0.5) is 24.7 Å². The number of nitrogens with one attached hydrogen (secondary N) is 1. The van der Waals surface area contributed by atoms with Crippen LogP contribution in [0.25, 0.3) is 0 Å². The average Bonchev–Trinajstić information content (AvgIpc) is 3.75. The highest BCUT2D eigenvalue weighted by molar-refractivity contribution is 7.98. The van der Waals surface area contributed by atoms with E-state index in [2.05, 4.69) is 22.1 Å². The van der Waals surface area contributed by atoms with E-state index in [9.17, 15) is 18.0 Å². The van der Waals surface area contributed by atoms with Gasteiger partial charge in [0.2, 0.25) is 0 Å². The van der Waals surface area contributed by atoms with Crippen LogP contribution in [0.3, 0.4) is 0 Å². The molecule has 200 valence electrons. The fourth-order valence-corrected chi connectivity index (χ4v) is 5.16. The van der Waals surface area contributed by atoms with Crippen molar-refractivity contribution < 1.29 is 18.0 Å². The van der Waals surface area contributed by atoms with Gasteiger partial charge in [0, 0.05) is 61.0 Å². The molecule has 0 atom stereocenters. The average molecular weight is 542 g/mol.